The van der Waals surface area contributed by atoms with Gasteiger partial charge >= 0.3 is 5.97 Å². The van der Waals surface area contributed by atoms with Gasteiger partial charge in [0.1, 0.15) is 0 Å². The monoisotopic (exact) mass is 293 g/mol. The third-order valence-corrected chi connectivity index (χ3v) is 3.10. The van der Waals surface area contributed by atoms with Crippen molar-refractivity contribution in [3.05, 3.63) is 64.4 Å². The Morgan fingerprint density at radius 2 is 1.80 bits per heavy atom. The Bertz CT molecular complexity index is 614. The number of rotatable bonds is 5. The largest absolute Gasteiger partial charge is 0.481 e. The average Bonchev–Trinajstić information content (AvgIpc) is 2.41. The number of hydrogen-bond donors (Lipinski definition) is 2. The molecule has 0 radical (unpaired) electrons. The molecule has 5 heteroatoms. The Morgan fingerprint density at radius 1 is 1.15 bits per heavy atom. The van der Waals surface area contributed by atoms with Crippen molar-refractivity contribution in [2.75, 3.05) is 5.32 Å². The van der Waals surface area contributed by atoms with Crippen molar-refractivity contribution < 1.29 is 14.3 Å². The summed E-state index contributed by atoms with van der Waals surface area (Å²) >= 11 is 5.69. The second kappa shape index (κ2) is 6.39. The Morgan fingerprint density at radius 3 is 2.45 bits per heavy atom. The highest BCUT2D eigenvalue weighted by Gasteiger charge is 2.05. The number of halogens is 2. The summed E-state index contributed by atoms with van der Waals surface area (Å²) in [5.74, 6) is -1.34. The summed E-state index contributed by atoms with van der Waals surface area (Å²) in [5.41, 5.74) is 2.00. The van der Waals surface area contributed by atoms with Crippen molar-refractivity contribution in [1.82, 2.24) is 0 Å². The van der Waals surface area contributed by atoms with Gasteiger partial charge in [-0.3, -0.25) is 4.79 Å². The van der Waals surface area contributed by atoms with Gasteiger partial charge < -0.3 is 10.4 Å². The van der Waals surface area contributed by atoms with Crippen LogP contribution in [0.2, 0.25) is 5.02 Å². The van der Waals surface area contributed by atoms with E-state index >= 15 is 0 Å². The number of carbonyl (C=O) groups is 1. The van der Waals surface area contributed by atoms with Crippen molar-refractivity contribution in [3.8, 4) is 0 Å². The molecule has 0 aliphatic rings. The molecule has 2 aromatic carbocycles. The van der Waals surface area contributed by atoms with Crippen molar-refractivity contribution in [2.24, 2.45) is 0 Å². The fraction of sp³-hybridized carbons (Fsp3) is 0.133. The van der Waals surface area contributed by atoms with Gasteiger partial charge in [-0.1, -0.05) is 41.9 Å². The Labute approximate surface area is 121 Å². The zero-order chi connectivity index (χ0) is 14.5. The van der Waals surface area contributed by atoms with Crippen molar-refractivity contribution in [1.29, 1.82) is 0 Å². The molecule has 0 aliphatic carbocycles. The van der Waals surface area contributed by atoms with Crippen LogP contribution < -0.4 is 5.32 Å². The van der Waals surface area contributed by atoms with Crippen LogP contribution in [0.25, 0.3) is 0 Å². The van der Waals surface area contributed by atoms with E-state index in [0.29, 0.717) is 12.2 Å². The molecule has 0 spiro atoms. The lowest BCUT2D eigenvalue weighted by molar-refractivity contribution is -0.136. The fourth-order valence-corrected chi connectivity index (χ4v) is 1.96. The third kappa shape index (κ3) is 3.71. The quantitative estimate of drug-likeness (QED) is 0.883. The molecule has 0 heterocycles. The van der Waals surface area contributed by atoms with E-state index in [4.69, 9.17) is 16.7 Å². The summed E-state index contributed by atoms with van der Waals surface area (Å²) in [6, 6.07) is 11.9. The molecule has 2 N–H and O–H groups in total. The first-order valence-corrected chi connectivity index (χ1v) is 6.41. The molecule has 0 atom stereocenters. The predicted molar refractivity (Wildman–Crippen MR) is 76.5 cm³/mol. The lowest BCUT2D eigenvalue weighted by atomic mass is 10.1. The molecular formula is C15H13ClFNO2. The molecule has 2 rings (SSSR count). The van der Waals surface area contributed by atoms with Crippen LogP contribution in [0.4, 0.5) is 10.1 Å². The number of carboxylic acids is 1. The first kappa shape index (κ1) is 14.3. The minimum absolute atomic E-state index is 0.00334. The minimum atomic E-state index is -0.864. The Balaban J connectivity index is 2.00. The van der Waals surface area contributed by atoms with Crippen LogP contribution in [0.1, 0.15) is 11.1 Å². The van der Waals surface area contributed by atoms with E-state index in [1.54, 1.807) is 24.3 Å². The van der Waals surface area contributed by atoms with Crippen LogP contribution in [-0.4, -0.2) is 11.1 Å². The maximum atomic E-state index is 13.7. The standard InChI is InChI=1S/C15H13ClFNO2/c16-12-2-1-3-13(15(12)17)18-9-11-6-4-10(5-7-11)8-14(19)20/h1-7,18H,8-9H2,(H,19,20). The van der Waals surface area contributed by atoms with Gasteiger partial charge in [-0.05, 0) is 23.3 Å². The van der Waals surface area contributed by atoms with Gasteiger partial charge in [0.25, 0.3) is 0 Å². The van der Waals surface area contributed by atoms with Crippen LogP contribution in [0.5, 0.6) is 0 Å². The number of hydrogen-bond acceptors (Lipinski definition) is 2. The average molecular weight is 294 g/mol. The van der Waals surface area contributed by atoms with Gasteiger partial charge in [0.15, 0.2) is 5.82 Å². The third-order valence-electron chi connectivity index (χ3n) is 2.81. The number of benzene rings is 2. The number of nitrogens with one attached hydrogen (secondary N) is 1. The molecule has 0 amide bonds. The van der Waals surface area contributed by atoms with Gasteiger partial charge in [0.05, 0.1) is 17.1 Å². The lowest BCUT2D eigenvalue weighted by Crippen LogP contribution is -2.03. The molecule has 0 saturated carbocycles. The highest BCUT2D eigenvalue weighted by molar-refractivity contribution is 6.31. The first-order valence-electron chi connectivity index (χ1n) is 6.04. The second-order valence-corrected chi connectivity index (χ2v) is 4.75. The molecule has 2 aromatic rings. The zero-order valence-corrected chi connectivity index (χ0v) is 11.3. The highest BCUT2D eigenvalue weighted by Crippen LogP contribution is 2.22. The smallest absolute Gasteiger partial charge is 0.307 e. The molecular weight excluding hydrogens is 281 g/mol. The van der Waals surface area contributed by atoms with Crippen molar-refractivity contribution >= 4 is 23.3 Å². The summed E-state index contributed by atoms with van der Waals surface area (Å²) in [6.45, 7) is 0.435. The van der Waals surface area contributed by atoms with Crippen LogP contribution in [0.15, 0.2) is 42.5 Å². The second-order valence-electron chi connectivity index (χ2n) is 4.34. The first-order chi connectivity index (χ1) is 9.56. The summed E-state index contributed by atoms with van der Waals surface area (Å²) in [4.78, 5) is 10.6. The molecule has 104 valence electrons. The van der Waals surface area contributed by atoms with E-state index in [0.717, 1.165) is 11.1 Å². The van der Waals surface area contributed by atoms with Gasteiger partial charge in [0.2, 0.25) is 0 Å². The van der Waals surface area contributed by atoms with E-state index in [9.17, 15) is 9.18 Å². The highest BCUT2D eigenvalue weighted by atomic mass is 35.5. The van der Waals surface area contributed by atoms with E-state index in [2.05, 4.69) is 5.32 Å². The van der Waals surface area contributed by atoms with Gasteiger partial charge in [-0.15, -0.1) is 0 Å². The number of anilines is 1. The SMILES string of the molecule is O=C(O)Cc1ccc(CNc2cccc(Cl)c2F)cc1. The minimum Gasteiger partial charge on any atom is -0.481 e. The van der Waals surface area contributed by atoms with Crippen molar-refractivity contribution in [3.63, 3.8) is 0 Å². The van der Waals surface area contributed by atoms with Gasteiger partial charge in [0, 0.05) is 6.54 Å². The molecule has 20 heavy (non-hydrogen) atoms. The number of carboxylic acid groups (broad SMARTS) is 1. The van der Waals surface area contributed by atoms with Crippen LogP contribution >= 0.6 is 11.6 Å². The molecule has 3 nitrogen and oxygen atoms in total. The van der Waals surface area contributed by atoms with E-state index < -0.39 is 11.8 Å². The van der Waals surface area contributed by atoms with Crippen LogP contribution in [-0.2, 0) is 17.8 Å². The molecule has 0 unspecified atom stereocenters. The normalized spacial score (nSPS) is 10.3. The van der Waals surface area contributed by atoms with Gasteiger partial charge in [-0.25, -0.2) is 4.39 Å². The summed E-state index contributed by atoms with van der Waals surface area (Å²) in [5, 5.41) is 11.7. The summed E-state index contributed by atoms with van der Waals surface area (Å²) in [7, 11) is 0. The van der Waals surface area contributed by atoms with Crippen molar-refractivity contribution in [2.45, 2.75) is 13.0 Å². The summed E-state index contributed by atoms with van der Waals surface area (Å²) < 4.78 is 13.7. The lowest BCUT2D eigenvalue weighted by Gasteiger charge is -2.09. The van der Waals surface area contributed by atoms with E-state index in [1.807, 2.05) is 12.1 Å². The molecule has 0 bridgehead atoms. The molecule has 0 aliphatic heterocycles. The predicted octanol–water partition coefficient (Wildman–Crippen LogP) is 3.72. The Hall–Kier alpha value is -2.07. The molecule has 0 fully saturated rings. The van der Waals surface area contributed by atoms with Crippen LogP contribution in [0, 0.1) is 5.82 Å². The maximum Gasteiger partial charge on any atom is 0.307 e. The molecule has 0 aromatic heterocycles. The van der Waals surface area contributed by atoms with E-state index in [-0.39, 0.29) is 11.4 Å². The fourth-order valence-electron chi connectivity index (χ4n) is 1.79. The number of aliphatic carboxylic acids is 1. The topological polar surface area (TPSA) is 49.3 Å². The van der Waals surface area contributed by atoms with Gasteiger partial charge in [-0.2, -0.15) is 0 Å². The van der Waals surface area contributed by atoms with Crippen LogP contribution in [0.3, 0.4) is 0 Å². The van der Waals surface area contributed by atoms with E-state index in [1.165, 1.54) is 6.07 Å². The summed E-state index contributed by atoms with van der Waals surface area (Å²) in [6.07, 6.45) is -0.00334. The zero-order valence-electron chi connectivity index (χ0n) is 10.6. The Kier molecular flexibility index (Phi) is 4.58. The maximum absolute atomic E-state index is 13.7. The molecule has 0 saturated heterocycles.